The summed E-state index contributed by atoms with van der Waals surface area (Å²) in [5.74, 6) is -0.428. The molecular weight excluding hydrogens is 315 g/mol. The molecule has 0 spiro atoms. The van der Waals surface area contributed by atoms with Crippen LogP contribution in [0.1, 0.15) is 17.5 Å². The molecule has 1 unspecified atom stereocenters. The van der Waals surface area contributed by atoms with Crippen molar-refractivity contribution in [3.05, 3.63) is 41.7 Å². The number of halogens is 3. The molecule has 1 amide bonds. The standard InChI is InChI=1S/C13H14F3N5O2/c14-13(15,16)11(8-4-2-1-3-5-8)23-7-10(22)18-6-9-19-12(17)21-20-9/h1-5,11H,6-7H2,(H,18,22)(H3,17,19,20,21). The summed E-state index contributed by atoms with van der Waals surface area (Å²) in [4.78, 5) is 15.3. The fraction of sp³-hybridized carbons (Fsp3) is 0.308. The first kappa shape index (κ1) is 16.7. The third kappa shape index (κ3) is 4.95. The Kier molecular flexibility index (Phi) is 5.16. The van der Waals surface area contributed by atoms with E-state index in [9.17, 15) is 18.0 Å². The molecule has 23 heavy (non-hydrogen) atoms. The van der Waals surface area contributed by atoms with E-state index in [0.717, 1.165) is 0 Å². The lowest BCUT2D eigenvalue weighted by Gasteiger charge is -2.20. The van der Waals surface area contributed by atoms with Gasteiger partial charge < -0.3 is 15.8 Å². The number of nitrogens with one attached hydrogen (secondary N) is 2. The minimum Gasteiger partial charge on any atom is -0.367 e. The molecule has 0 saturated carbocycles. The number of alkyl halides is 3. The van der Waals surface area contributed by atoms with Crippen molar-refractivity contribution in [2.45, 2.75) is 18.8 Å². The monoisotopic (exact) mass is 329 g/mol. The van der Waals surface area contributed by atoms with Crippen molar-refractivity contribution in [3.8, 4) is 0 Å². The molecule has 7 nitrogen and oxygen atoms in total. The summed E-state index contributed by atoms with van der Waals surface area (Å²) in [5, 5.41) is 8.36. The zero-order chi connectivity index (χ0) is 16.9. The summed E-state index contributed by atoms with van der Waals surface area (Å²) < 4.78 is 43.8. The molecular formula is C13H14F3N5O2. The highest BCUT2D eigenvalue weighted by Crippen LogP contribution is 2.35. The van der Waals surface area contributed by atoms with Gasteiger partial charge >= 0.3 is 6.18 Å². The van der Waals surface area contributed by atoms with Gasteiger partial charge in [0.15, 0.2) is 6.10 Å². The van der Waals surface area contributed by atoms with Gasteiger partial charge in [0.2, 0.25) is 11.9 Å². The van der Waals surface area contributed by atoms with E-state index in [1.54, 1.807) is 6.07 Å². The average molecular weight is 329 g/mol. The number of hydrogen-bond donors (Lipinski definition) is 3. The number of aromatic amines is 1. The predicted molar refractivity (Wildman–Crippen MR) is 73.8 cm³/mol. The highest BCUT2D eigenvalue weighted by molar-refractivity contribution is 5.77. The second kappa shape index (κ2) is 7.09. The molecule has 0 radical (unpaired) electrons. The molecule has 10 heteroatoms. The van der Waals surface area contributed by atoms with Gasteiger partial charge in [-0.3, -0.25) is 9.89 Å². The maximum atomic E-state index is 13.0. The second-order valence-corrected chi connectivity index (χ2v) is 4.56. The van der Waals surface area contributed by atoms with Crippen LogP contribution < -0.4 is 11.1 Å². The highest BCUT2D eigenvalue weighted by Gasteiger charge is 2.42. The third-order valence-electron chi connectivity index (χ3n) is 2.78. The Balaban J connectivity index is 1.89. The summed E-state index contributed by atoms with van der Waals surface area (Å²) in [7, 11) is 0. The van der Waals surface area contributed by atoms with Gasteiger partial charge in [-0.25, -0.2) is 0 Å². The van der Waals surface area contributed by atoms with Crippen LogP contribution >= 0.6 is 0 Å². The van der Waals surface area contributed by atoms with Crippen LogP contribution in [0.2, 0.25) is 0 Å². The molecule has 2 aromatic rings. The fourth-order valence-corrected chi connectivity index (χ4v) is 1.79. The minimum absolute atomic E-state index is 0.00621. The van der Waals surface area contributed by atoms with Crippen LogP contribution in [0, 0.1) is 0 Å². The van der Waals surface area contributed by atoms with E-state index >= 15 is 0 Å². The number of hydrogen-bond acceptors (Lipinski definition) is 5. The molecule has 0 aliphatic carbocycles. The maximum Gasteiger partial charge on any atom is 0.418 e. The van der Waals surface area contributed by atoms with Crippen LogP contribution in [0.25, 0.3) is 0 Å². The number of nitrogens with two attached hydrogens (primary N) is 1. The van der Waals surface area contributed by atoms with Crippen molar-refractivity contribution in [1.29, 1.82) is 0 Å². The lowest BCUT2D eigenvalue weighted by molar-refractivity contribution is -0.223. The smallest absolute Gasteiger partial charge is 0.367 e. The Morgan fingerprint density at radius 2 is 2.04 bits per heavy atom. The van der Waals surface area contributed by atoms with Gasteiger partial charge in [0.05, 0.1) is 6.54 Å². The Labute approximate surface area is 129 Å². The van der Waals surface area contributed by atoms with E-state index in [1.807, 2.05) is 0 Å². The number of benzene rings is 1. The van der Waals surface area contributed by atoms with Gasteiger partial charge in [-0.15, -0.1) is 5.10 Å². The largest absolute Gasteiger partial charge is 0.418 e. The Morgan fingerprint density at radius 3 is 2.61 bits per heavy atom. The predicted octanol–water partition coefficient (Wildman–Crippen LogP) is 1.32. The SMILES string of the molecule is Nc1n[nH]c(CNC(=O)COC(c2ccccc2)C(F)(F)F)n1. The number of carbonyl (C=O) groups excluding carboxylic acids is 1. The van der Waals surface area contributed by atoms with E-state index in [-0.39, 0.29) is 23.9 Å². The van der Waals surface area contributed by atoms with E-state index in [4.69, 9.17) is 10.5 Å². The minimum atomic E-state index is -4.62. The lowest BCUT2D eigenvalue weighted by Crippen LogP contribution is -2.31. The summed E-state index contributed by atoms with van der Waals surface area (Å²) in [6.45, 7) is -0.795. The van der Waals surface area contributed by atoms with E-state index in [1.165, 1.54) is 24.3 Å². The first-order valence-corrected chi connectivity index (χ1v) is 6.53. The zero-order valence-electron chi connectivity index (χ0n) is 11.8. The van der Waals surface area contributed by atoms with Crippen molar-refractivity contribution in [2.75, 3.05) is 12.3 Å². The molecule has 1 atom stereocenters. The first-order valence-electron chi connectivity index (χ1n) is 6.53. The van der Waals surface area contributed by atoms with Crippen LogP contribution in [-0.4, -0.2) is 33.9 Å². The molecule has 2 rings (SSSR count). The van der Waals surface area contributed by atoms with Gasteiger partial charge in [0.1, 0.15) is 12.4 Å². The Hall–Kier alpha value is -2.62. The molecule has 1 heterocycles. The fourth-order valence-electron chi connectivity index (χ4n) is 1.79. The van der Waals surface area contributed by atoms with Gasteiger partial charge in [0.25, 0.3) is 0 Å². The first-order chi connectivity index (χ1) is 10.9. The quantitative estimate of drug-likeness (QED) is 0.741. The van der Waals surface area contributed by atoms with Crippen molar-refractivity contribution < 1.29 is 22.7 Å². The Morgan fingerprint density at radius 1 is 1.35 bits per heavy atom. The maximum absolute atomic E-state index is 13.0. The number of ether oxygens (including phenoxy) is 1. The molecule has 4 N–H and O–H groups in total. The summed E-state index contributed by atoms with van der Waals surface area (Å²) in [5.41, 5.74) is 5.21. The van der Waals surface area contributed by atoms with Crippen LogP contribution in [-0.2, 0) is 16.1 Å². The van der Waals surface area contributed by atoms with Crippen molar-refractivity contribution in [2.24, 2.45) is 0 Å². The van der Waals surface area contributed by atoms with Gasteiger partial charge in [-0.2, -0.15) is 18.2 Å². The number of rotatable bonds is 6. The average Bonchev–Trinajstić information content (AvgIpc) is 2.91. The molecule has 124 valence electrons. The number of amides is 1. The summed E-state index contributed by atoms with van der Waals surface area (Å²) in [6, 6.07) is 7.09. The molecule has 0 fully saturated rings. The molecule has 1 aromatic heterocycles. The summed E-state index contributed by atoms with van der Waals surface area (Å²) >= 11 is 0. The Bertz CT molecular complexity index is 645. The number of aromatic nitrogens is 3. The van der Waals surface area contributed by atoms with E-state index in [2.05, 4.69) is 20.5 Å². The number of nitrogen functional groups attached to an aromatic ring is 1. The normalized spacial score (nSPS) is 12.8. The second-order valence-electron chi connectivity index (χ2n) is 4.56. The van der Waals surface area contributed by atoms with E-state index in [0.29, 0.717) is 0 Å². The van der Waals surface area contributed by atoms with Crippen molar-refractivity contribution in [3.63, 3.8) is 0 Å². The number of nitrogens with zero attached hydrogens (tertiary/aromatic N) is 2. The number of H-pyrrole nitrogens is 1. The van der Waals surface area contributed by atoms with Gasteiger partial charge in [0, 0.05) is 0 Å². The van der Waals surface area contributed by atoms with Crippen LogP contribution in [0.3, 0.4) is 0 Å². The molecule has 0 bridgehead atoms. The molecule has 0 aliphatic heterocycles. The lowest BCUT2D eigenvalue weighted by atomic mass is 10.1. The van der Waals surface area contributed by atoms with Crippen molar-refractivity contribution >= 4 is 11.9 Å². The third-order valence-corrected chi connectivity index (χ3v) is 2.78. The summed E-state index contributed by atoms with van der Waals surface area (Å²) in [6.07, 6.45) is -6.79. The van der Waals surface area contributed by atoms with Crippen LogP contribution in [0.4, 0.5) is 19.1 Å². The number of carbonyl (C=O) groups is 1. The molecule has 1 aromatic carbocycles. The van der Waals surface area contributed by atoms with Crippen LogP contribution in [0.5, 0.6) is 0 Å². The number of anilines is 1. The zero-order valence-corrected chi connectivity index (χ0v) is 11.8. The van der Waals surface area contributed by atoms with E-state index < -0.39 is 24.8 Å². The van der Waals surface area contributed by atoms with Gasteiger partial charge in [-0.05, 0) is 5.56 Å². The molecule has 0 aliphatic rings. The van der Waals surface area contributed by atoms with Crippen LogP contribution in [0.15, 0.2) is 30.3 Å². The topological polar surface area (TPSA) is 106 Å². The van der Waals surface area contributed by atoms with Crippen molar-refractivity contribution in [1.82, 2.24) is 20.5 Å². The van der Waals surface area contributed by atoms with Gasteiger partial charge in [-0.1, -0.05) is 30.3 Å². The highest BCUT2D eigenvalue weighted by atomic mass is 19.4. The molecule has 0 saturated heterocycles.